The van der Waals surface area contributed by atoms with Crippen LogP contribution in [0.5, 0.6) is 11.5 Å². The van der Waals surface area contributed by atoms with Gasteiger partial charge in [0.25, 0.3) is 0 Å². The van der Waals surface area contributed by atoms with E-state index in [2.05, 4.69) is 27.4 Å². The third-order valence-corrected chi connectivity index (χ3v) is 6.27. The summed E-state index contributed by atoms with van der Waals surface area (Å²) in [6.45, 7) is 0.276. The van der Waals surface area contributed by atoms with Gasteiger partial charge >= 0.3 is 0 Å². The number of hydrogen-bond donors (Lipinski definition) is 1. The molecule has 176 valence electrons. The molecule has 0 spiro atoms. The van der Waals surface area contributed by atoms with Gasteiger partial charge in [0.05, 0.1) is 29.9 Å². The predicted molar refractivity (Wildman–Crippen MR) is 136 cm³/mol. The SMILES string of the molecule is COc1ccc(NC(=O)Cc2csc(Cc3ccccc3)n2)cc1OCc1cn2ccccc2n1. The fraction of sp³-hybridized carbons (Fsp3) is 0.148. The zero-order valence-corrected chi connectivity index (χ0v) is 20.0. The van der Waals surface area contributed by atoms with Gasteiger partial charge in [-0.2, -0.15) is 0 Å². The lowest BCUT2D eigenvalue weighted by Crippen LogP contribution is -2.14. The highest BCUT2D eigenvalue weighted by Crippen LogP contribution is 2.31. The molecule has 0 bridgehead atoms. The van der Waals surface area contributed by atoms with Crippen molar-refractivity contribution in [2.75, 3.05) is 12.4 Å². The maximum atomic E-state index is 12.7. The van der Waals surface area contributed by atoms with Gasteiger partial charge in [-0.1, -0.05) is 36.4 Å². The number of nitrogens with one attached hydrogen (secondary N) is 1. The van der Waals surface area contributed by atoms with E-state index in [0.717, 1.165) is 28.5 Å². The van der Waals surface area contributed by atoms with Gasteiger partial charge < -0.3 is 19.2 Å². The molecule has 8 heteroatoms. The van der Waals surface area contributed by atoms with E-state index in [1.54, 1.807) is 36.6 Å². The summed E-state index contributed by atoms with van der Waals surface area (Å²) in [7, 11) is 1.58. The van der Waals surface area contributed by atoms with Gasteiger partial charge in [-0.25, -0.2) is 9.97 Å². The molecule has 0 radical (unpaired) electrons. The van der Waals surface area contributed by atoms with E-state index in [1.807, 2.05) is 58.6 Å². The molecule has 0 saturated carbocycles. The van der Waals surface area contributed by atoms with Crippen molar-refractivity contribution < 1.29 is 14.3 Å². The Hall–Kier alpha value is -4.17. The highest BCUT2D eigenvalue weighted by molar-refractivity contribution is 7.09. The minimum atomic E-state index is -0.141. The van der Waals surface area contributed by atoms with E-state index in [-0.39, 0.29) is 18.9 Å². The van der Waals surface area contributed by atoms with Crippen molar-refractivity contribution in [2.45, 2.75) is 19.4 Å². The molecule has 0 fully saturated rings. The first-order chi connectivity index (χ1) is 17.2. The average Bonchev–Trinajstić information content (AvgIpc) is 3.49. The molecule has 35 heavy (non-hydrogen) atoms. The first-order valence-corrected chi connectivity index (χ1v) is 12.0. The number of thiazole rings is 1. The largest absolute Gasteiger partial charge is 0.493 e. The summed E-state index contributed by atoms with van der Waals surface area (Å²) in [6.07, 6.45) is 4.83. The van der Waals surface area contributed by atoms with Gasteiger partial charge in [0.15, 0.2) is 11.5 Å². The number of fused-ring (bicyclic) bond motifs is 1. The van der Waals surface area contributed by atoms with Gasteiger partial charge in [-0.05, 0) is 29.8 Å². The van der Waals surface area contributed by atoms with Gasteiger partial charge in [0, 0.05) is 35.9 Å². The number of pyridine rings is 1. The molecular weight excluding hydrogens is 460 g/mol. The third-order valence-electron chi connectivity index (χ3n) is 5.38. The summed E-state index contributed by atoms with van der Waals surface area (Å²) in [4.78, 5) is 21.8. The van der Waals surface area contributed by atoms with Crippen molar-refractivity contribution in [1.82, 2.24) is 14.4 Å². The number of anilines is 1. The first-order valence-electron chi connectivity index (χ1n) is 11.2. The molecule has 1 N–H and O–H groups in total. The molecular formula is C27H24N4O3S. The number of rotatable bonds is 9. The van der Waals surface area contributed by atoms with Crippen molar-refractivity contribution >= 4 is 28.6 Å². The van der Waals surface area contributed by atoms with Crippen LogP contribution in [0.25, 0.3) is 5.65 Å². The topological polar surface area (TPSA) is 77.8 Å². The molecule has 0 atom stereocenters. The van der Waals surface area contributed by atoms with E-state index in [9.17, 15) is 4.79 Å². The minimum absolute atomic E-state index is 0.141. The number of nitrogens with zero attached hydrogens (tertiary/aromatic N) is 3. The zero-order chi connectivity index (χ0) is 24.0. The summed E-state index contributed by atoms with van der Waals surface area (Å²) in [6, 6.07) is 21.3. The van der Waals surface area contributed by atoms with Crippen LogP contribution in [0.2, 0.25) is 0 Å². The Labute approximate surface area is 207 Å². The highest BCUT2D eigenvalue weighted by Gasteiger charge is 2.12. The molecule has 2 aromatic carbocycles. The average molecular weight is 485 g/mol. The van der Waals surface area contributed by atoms with E-state index < -0.39 is 0 Å². The molecule has 5 rings (SSSR count). The second-order valence-corrected chi connectivity index (χ2v) is 8.92. The number of aromatic nitrogens is 3. The van der Waals surface area contributed by atoms with Crippen LogP contribution in [0.15, 0.2) is 84.5 Å². The maximum Gasteiger partial charge on any atom is 0.230 e. The molecule has 0 unspecified atom stereocenters. The van der Waals surface area contributed by atoms with Crippen LogP contribution in [0.3, 0.4) is 0 Å². The van der Waals surface area contributed by atoms with Crippen molar-refractivity contribution in [3.05, 3.63) is 106 Å². The summed E-state index contributed by atoms with van der Waals surface area (Å²) >= 11 is 1.57. The van der Waals surface area contributed by atoms with Crippen LogP contribution in [0, 0.1) is 0 Å². The second-order valence-electron chi connectivity index (χ2n) is 7.97. The number of carbonyl (C=O) groups excluding carboxylic acids is 1. The Morgan fingerprint density at radius 3 is 2.69 bits per heavy atom. The quantitative estimate of drug-likeness (QED) is 0.313. The molecule has 3 aromatic heterocycles. The Morgan fingerprint density at radius 1 is 1.00 bits per heavy atom. The van der Waals surface area contributed by atoms with Crippen LogP contribution in [0.4, 0.5) is 5.69 Å². The van der Waals surface area contributed by atoms with Crippen molar-refractivity contribution in [3.8, 4) is 11.5 Å². The number of ether oxygens (including phenoxy) is 2. The van der Waals surface area contributed by atoms with E-state index in [0.29, 0.717) is 17.2 Å². The van der Waals surface area contributed by atoms with Crippen LogP contribution >= 0.6 is 11.3 Å². The molecule has 0 saturated heterocycles. The molecule has 5 aromatic rings. The number of hydrogen-bond acceptors (Lipinski definition) is 6. The van der Waals surface area contributed by atoms with Gasteiger partial charge in [-0.3, -0.25) is 4.79 Å². The lowest BCUT2D eigenvalue weighted by molar-refractivity contribution is -0.115. The number of amides is 1. The minimum Gasteiger partial charge on any atom is -0.493 e. The monoisotopic (exact) mass is 484 g/mol. The summed E-state index contributed by atoms with van der Waals surface area (Å²) < 4.78 is 13.4. The Kier molecular flexibility index (Phi) is 6.72. The standard InChI is InChI=1S/C27H24N4O3S/c1-33-23-11-10-20(14-24(23)34-17-22-16-31-12-6-5-9-25(31)28-22)29-26(32)15-21-18-35-27(30-21)13-19-7-3-2-4-8-19/h2-12,14,16,18H,13,15,17H2,1H3,(H,29,32). The molecule has 7 nitrogen and oxygen atoms in total. The fourth-order valence-corrected chi connectivity index (χ4v) is 4.56. The number of imidazole rings is 1. The van der Waals surface area contributed by atoms with E-state index in [4.69, 9.17) is 9.47 Å². The van der Waals surface area contributed by atoms with Gasteiger partial charge in [0.1, 0.15) is 12.3 Å². The van der Waals surface area contributed by atoms with Crippen LogP contribution in [-0.4, -0.2) is 27.4 Å². The van der Waals surface area contributed by atoms with E-state index >= 15 is 0 Å². The Morgan fingerprint density at radius 2 is 1.86 bits per heavy atom. The van der Waals surface area contributed by atoms with Crippen LogP contribution < -0.4 is 14.8 Å². The molecule has 0 aliphatic carbocycles. The number of benzene rings is 2. The normalized spacial score (nSPS) is 10.9. The Balaban J connectivity index is 1.21. The second kappa shape index (κ2) is 10.4. The van der Waals surface area contributed by atoms with Crippen LogP contribution in [-0.2, 0) is 24.2 Å². The van der Waals surface area contributed by atoms with Gasteiger partial charge in [0.2, 0.25) is 5.91 Å². The third kappa shape index (κ3) is 5.67. The summed E-state index contributed by atoms with van der Waals surface area (Å²) in [5.41, 5.74) is 4.23. The number of methoxy groups -OCH3 is 1. The Bertz CT molecular complexity index is 1410. The number of carbonyl (C=O) groups is 1. The predicted octanol–water partition coefficient (Wildman–Crippen LogP) is 5.15. The van der Waals surface area contributed by atoms with Gasteiger partial charge in [-0.15, -0.1) is 11.3 Å². The zero-order valence-electron chi connectivity index (χ0n) is 19.2. The lowest BCUT2D eigenvalue weighted by atomic mass is 10.2. The molecule has 1 amide bonds. The smallest absolute Gasteiger partial charge is 0.230 e. The molecule has 3 heterocycles. The lowest BCUT2D eigenvalue weighted by Gasteiger charge is -2.12. The van der Waals surface area contributed by atoms with Crippen molar-refractivity contribution in [2.24, 2.45) is 0 Å². The van der Waals surface area contributed by atoms with Crippen molar-refractivity contribution in [1.29, 1.82) is 0 Å². The van der Waals surface area contributed by atoms with E-state index in [1.165, 1.54) is 5.56 Å². The summed E-state index contributed by atoms with van der Waals surface area (Å²) in [5, 5.41) is 5.86. The highest BCUT2D eigenvalue weighted by atomic mass is 32.1. The first kappa shape index (κ1) is 22.6. The van der Waals surface area contributed by atoms with Crippen molar-refractivity contribution in [3.63, 3.8) is 0 Å². The summed E-state index contributed by atoms with van der Waals surface area (Å²) in [5.74, 6) is 0.969. The van der Waals surface area contributed by atoms with Crippen LogP contribution in [0.1, 0.15) is 22.0 Å². The maximum absolute atomic E-state index is 12.7. The fourth-order valence-electron chi connectivity index (χ4n) is 3.73. The molecule has 0 aliphatic heterocycles. The molecule has 0 aliphatic rings.